The number of hydrogen-bond donors (Lipinski definition) is 3. The van der Waals surface area contributed by atoms with Gasteiger partial charge in [-0.25, -0.2) is 4.79 Å². The number of nitrogen functional groups attached to an aromatic ring is 1. The molecule has 33 heavy (non-hydrogen) atoms. The second-order valence-electron chi connectivity index (χ2n) is 8.01. The lowest BCUT2D eigenvalue weighted by molar-refractivity contribution is -0.117. The van der Waals surface area contributed by atoms with E-state index in [9.17, 15) is 14.4 Å². The predicted octanol–water partition coefficient (Wildman–Crippen LogP) is 2.14. The van der Waals surface area contributed by atoms with Gasteiger partial charge in [0.1, 0.15) is 5.82 Å². The molecule has 0 atom stereocenters. The monoisotopic (exact) mass is 446 g/mol. The van der Waals surface area contributed by atoms with Crippen molar-refractivity contribution in [2.75, 3.05) is 29.0 Å². The van der Waals surface area contributed by atoms with Crippen LogP contribution >= 0.6 is 0 Å². The number of benzene rings is 2. The van der Waals surface area contributed by atoms with E-state index in [2.05, 4.69) is 10.3 Å². The minimum absolute atomic E-state index is 0.0390. The number of amides is 1. The van der Waals surface area contributed by atoms with Crippen molar-refractivity contribution in [2.24, 2.45) is 5.92 Å². The Labute approximate surface area is 191 Å². The summed E-state index contributed by atoms with van der Waals surface area (Å²) < 4.78 is 1.25. The summed E-state index contributed by atoms with van der Waals surface area (Å²) in [7, 11) is 0. The molecule has 2 aromatic carbocycles. The second-order valence-corrected chi connectivity index (χ2v) is 8.01. The van der Waals surface area contributed by atoms with Gasteiger partial charge in [0.25, 0.3) is 5.56 Å². The normalized spacial score (nSPS) is 10.6. The summed E-state index contributed by atoms with van der Waals surface area (Å²) in [4.78, 5) is 42.0. The van der Waals surface area contributed by atoms with Crippen LogP contribution in [0.2, 0.25) is 0 Å². The molecule has 1 aromatic heterocycles. The number of nitrogens with two attached hydrogens (primary N) is 1. The number of H-pyrrole nitrogens is 1. The van der Waals surface area contributed by atoms with Gasteiger partial charge in [-0.3, -0.25) is 19.1 Å². The Bertz CT molecular complexity index is 1270. The van der Waals surface area contributed by atoms with Crippen LogP contribution in [0.3, 0.4) is 0 Å². The van der Waals surface area contributed by atoms with Crippen molar-refractivity contribution in [1.82, 2.24) is 9.55 Å². The molecule has 0 spiro atoms. The molecule has 9 heteroatoms. The van der Waals surface area contributed by atoms with Gasteiger partial charge in [-0.1, -0.05) is 44.2 Å². The number of hydrogen-bond acceptors (Lipinski definition) is 6. The Morgan fingerprint density at radius 2 is 1.82 bits per heavy atom. The quantitative estimate of drug-likeness (QED) is 0.485. The highest BCUT2D eigenvalue weighted by atomic mass is 16.2. The van der Waals surface area contributed by atoms with Gasteiger partial charge < -0.3 is 16.0 Å². The Hall–Kier alpha value is -4.32. The van der Waals surface area contributed by atoms with Gasteiger partial charge in [0, 0.05) is 12.2 Å². The van der Waals surface area contributed by atoms with Gasteiger partial charge in [-0.2, -0.15) is 5.26 Å². The van der Waals surface area contributed by atoms with Crippen LogP contribution in [-0.2, 0) is 11.3 Å². The van der Waals surface area contributed by atoms with E-state index in [1.54, 1.807) is 24.3 Å². The lowest BCUT2D eigenvalue weighted by Gasteiger charge is -2.26. The minimum Gasteiger partial charge on any atom is -0.383 e. The van der Waals surface area contributed by atoms with Gasteiger partial charge >= 0.3 is 5.69 Å². The Balaban J connectivity index is 1.93. The smallest absolute Gasteiger partial charge is 0.330 e. The third kappa shape index (κ3) is 5.68. The fourth-order valence-corrected chi connectivity index (χ4v) is 3.38. The molecule has 0 radical (unpaired) electrons. The molecular weight excluding hydrogens is 420 g/mol. The zero-order valence-electron chi connectivity index (χ0n) is 18.5. The molecule has 0 saturated carbocycles. The highest BCUT2D eigenvalue weighted by molar-refractivity contribution is 5.98. The lowest BCUT2D eigenvalue weighted by Crippen LogP contribution is -2.44. The molecule has 0 aliphatic heterocycles. The largest absolute Gasteiger partial charge is 0.383 e. The molecule has 0 fully saturated rings. The SMILES string of the molecule is CC(C)CN(C(=O)CNc1ccc(C#N)cc1)c1c(N)n(Cc2ccccc2)c(=O)[nH]c1=O. The van der Waals surface area contributed by atoms with Crippen LogP contribution in [0.5, 0.6) is 0 Å². The molecular formula is C24H26N6O3. The Kier molecular flexibility index (Phi) is 7.31. The molecule has 0 saturated heterocycles. The van der Waals surface area contributed by atoms with Gasteiger partial charge in [0.15, 0.2) is 5.69 Å². The summed E-state index contributed by atoms with van der Waals surface area (Å²) in [5.41, 5.74) is 6.87. The topological polar surface area (TPSA) is 137 Å². The van der Waals surface area contributed by atoms with Crippen LogP contribution in [0.25, 0.3) is 0 Å². The first kappa shape index (κ1) is 23.3. The molecule has 0 aliphatic rings. The fourth-order valence-electron chi connectivity index (χ4n) is 3.38. The number of nitrogens with one attached hydrogen (secondary N) is 2. The maximum absolute atomic E-state index is 13.1. The summed E-state index contributed by atoms with van der Waals surface area (Å²) in [5, 5.41) is 11.9. The van der Waals surface area contributed by atoms with Gasteiger partial charge in [-0.15, -0.1) is 0 Å². The first-order valence-electron chi connectivity index (χ1n) is 10.5. The summed E-state index contributed by atoms with van der Waals surface area (Å²) in [6.07, 6.45) is 0. The number of anilines is 3. The van der Waals surface area contributed by atoms with E-state index in [-0.39, 0.29) is 43.0 Å². The van der Waals surface area contributed by atoms with Crippen molar-refractivity contribution in [3.63, 3.8) is 0 Å². The van der Waals surface area contributed by atoms with Crippen LogP contribution in [0, 0.1) is 17.2 Å². The van der Waals surface area contributed by atoms with Crippen LogP contribution < -0.4 is 27.2 Å². The molecule has 9 nitrogen and oxygen atoms in total. The van der Waals surface area contributed by atoms with Crippen LogP contribution in [0.15, 0.2) is 64.2 Å². The van der Waals surface area contributed by atoms with Crippen molar-refractivity contribution >= 4 is 23.1 Å². The van der Waals surface area contributed by atoms with Gasteiger partial charge in [0.2, 0.25) is 5.91 Å². The first-order valence-corrected chi connectivity index (χ1v) is 10.5. The van der Waals surface area contributed by atoms with Gasteiger partial charge in [0.05, 0.1) is 24.7 Å². The zero-order chi connectivity index (χ0) is 24.0. The highest BCUT2D eigenvalue weighted by Gasteiger charge is 2.25. The van der Waals surface area contributed by atoms with E-state index in [1.165, 1.54) is 9.47 Å². The summed E-state index contributed by atoms with van der Waals surface area (Å²) in [6, 6.07) is 17.9. The molecule has 4 N–H and O–H groups in total. The zero-order valence-corrected chi connectivity index (χ0v) is 18.5. The number of aromatic nitrogens is 2. The summed E-state index contributed by atoms with van der Waals surface area (Å²) in [5.74, 6) is -0.410. The fraction of sp³-hybridized carbons (Fsp3) is 0.250. The highest BCUT2D eigenvalue weighted by Crippen LogP contribution is 2.20. The molecule has 3 aromatic rings. The first-order chi connectivity index (χ1) is 15.8. The van der Waals surface area contributed by atoms with Crippen LogP contribution in [0.1, 0.15) is 25.0 Å². The maximum Gasteiger partial charge on any atom is 0.330 e. The summed E-state index contributed by atoms with van der Waals surface area (Å²) in [6.45, 7) is 4.12. The third-order valence-electron chi connectivity index (χ3n) is 4.97. The predicted molar refractivity (Wildman–Crippen MR) is 128 cm³/mol. The average molecular weight is 447 g/mol. The number of nitriles is 1. The minimum atomic E-state index is -0.714. The summed E-state index contributed by atoms with van der Waals surface area (Å²) >= 11 is 0. The number of aromatic amines is 1. The van der Waals surface area contributed by atoms with E-state index in [1.807, 2.05) is 50.2 Å². The number of carbonyl (C=O) groups is 1. The molecule has 0 bridgehead atoms. The van der Waals surface area contributed by atoms with Crippen molar-refractivity contribution < 1.29 is 4.79 Å². The molecule has 1 heterocycles. The number of nitrogens with zero attached hydrogens (tertiary/aromatic N) is 3. The molecule has 1 amide bonds. The van der Waals surface area contributed by atoms with Crippen LogP contribution in [-0.4, -0.2) is 28.5 Å². The maximum atomic E-state index is 13.1. The third-order valence-corrected chi connectivity index (χ3v) is 4.97. The van der Waals surface area contributed by atoms with Crippen molar-refractivity contribution in [3.8, 4) is 6.07 Å². The number of carbonyl (C=O) groups excluding carboxylic acids is 1. The van der Waals surface area contributed by atoms with E-state index < -0.39 is 11.2 Å². The van der Waals surface area contributed by atoms with E-state index in [4.69, 9.17) is 11.0 Å². The van der Waals surface area contributed by atoms with Crippen LogP contribution in [0.4, 0.5) is 17.2 Å². The van der Waals surface area contributed by atoms with Crippen molar-refractivity contribution in [2.45, 2.75) is 20.4 Å². The Morgan fingerprint density at radius 3 is 2.42 bits per heavy atom. The average Bonchev–Trinajstić information content (AvgIpc) is 2.80. The van der Waals surface area contributed by atoms with Gasteiger partial charge in [-0.05, 0) is 35.7 Å². The van der Waals surface area contributed by atoms with E-state index >= 15 is 0 Å². The molecule has 0 aliphatic carbocycles. The molecule has 0 unspecified atom stereocenters. The van der Waals surface area contributed by atoms with E-state index in [0.717, 1.165) is 5.56 Å². The van der Waals surface area contributed by atoms with Crippen molar-refractivity contribution in [3.05, 3.63) is 86.6 Å². The van der Waals surface area contributed by atoms with E-state index in [0.29, 0.717) is 11.3 Å². The second kappa shape index (κ2) is 10.3. The Morgan fingerprint density at radius 1 is 1.15 bits per heavy atom. The lowest BCUT2D eigenvalue weighted by atomic mass is 10.2. The molecule has 3 rings (SSSR count). The molecule has 170 valence electrons. The standard InChI is InChI=1S/C24H26N6O3/c1-16(2)14-29(20(31)13-27-19-10-8-17(12-25)9-11-19)21-22(26)30(24(33)28-23(21)32)15-18-6-4-3-5-7-18/h3-11,16,27H,13-15,26H2,1-2H3,(H,28,32,33). The number of rotatable bonds is 8. The van der Waals surface area contributed by atoms with Crippen molar-refractivity contribution in [1.29, 1.82) is 5.26 Å².